The van der Waals surface area contributed by atoms with Gasteiger partial charge >= 0.3 is 0 Å². The Morgan fingerprint density at radius 1 is 1.30 bits per heavy atom. The molecular formula is C16H19FN2O. The Kier molecular flexibility index (Phi) is 5.07. The average Bonchev–Trinajstić information content (AvgIpc) is 2.47. The molecule has 1 unspecified atom stereocenters. The number of nitrogens with one attached hydrogen (secondary N) is 1. The molecule has 2 rings (SSSR count). The SMILES string of the molecule is CCNC(Cc1cccc(F)c1)c1cncc(OC)c1. The van der Waals surface area contributed by atoms with Gasteiger partial charge in [-0.25, -0.2) is 4.39 Å². The van der Waals surface area contributed by atoms with Gasteiger partial charge in [0.25, 0.3) is 0 Å². The minimum absolute atomic E-state index is 0.0874. The van der Waals surface area contributed by atoms with Gasteiger partial charge in [-0.3, -0.25) is 4.98 Å². The molecule has 4 heteroatoms. The summed E-state index contributed by atoms with van der Waals surface area (Å²) in [6.45, 7) is 2.88. The molecule has 0 aliphatic rings. The van der Waals surface area contributed by atoms with Crippen molar-refractivity contribution in [3.63, 3.8) is 0 Å². The van der Waals surface area contributed by atoms with E-state index in [1.54, 1.807) is 25.4 Å². The fourth-order valence-corrected chi connectivity index (χ4v) is 2.19. The van der Waals surface area contributed by atoms with Crippen LogP contribution in [0.1, 0.15) is 24.1 Å². The topological polar surface area (TPSA) is 34.2 Å². The van der Waals surface area contributed by atoms with E-state index in [9.17, 15) is 4.39 Å². The van der Waals surface area contributed by atoms with Crippen LogP contribution < -0.4 is 10.1 Å². The molecule has 0 aliphatic carbocycles. The largest absolute Gasteiger partial charge is 0.495 e. The Bertz CT molecular complexity index is 560. The number of rotatable bonds is 6. The Labute approximate surface area is 118 Å². The first-order chi connectivity index (χ1) is 9.72. The van der Waals surface area contributed by atoms with E-state index in [4.69, 9.17) is 4.74 Å². The maximum atomic E-state index is 13.3. The number of methoxy groups -OCH3 is 1. The monoisotopic (exact) mass is 274 g/mol. The first-order valence-corrected chi connectivity index (χ1v) is 6.69. The molecule has 0 amide bonds. The van der Waals surface area contributed by atoms with Crippen LogP contribution in [0.2, 0.25) is 0 Å². The van der Waals surface area contributed by atoms with E-state index in [0.717, 1.165) is 23.4 Å². The van der Waals surface area contributed by atoms with E-state index in [1.807, 2.05) is 25.3 Å². The Morgan fingerprint density at radius 3 is 2.85 bits per heavy atom. The van der Waals surface area contributed by atoms with Crippen LogP contribution in [0, 0.1) is 5.82 Å². The molecule has 0 spiro atoms. The lowest BCUT2D eigenvalue weighted by Crippen LogP contribution is -2.23. The standard InChI is InChI=1S/C16H19FN2O/c1-3-19-16(8-12-5-4-6-14(17)7-12)13-9-15(20-2)11-18-10-13/h4-7,9-11,16,19H,3,8H2,1-2H3. The highest BCUT2D eigenvalue weighted by atomic mass is 19.1. The summed E-state index contributed by atoms with van der Waals surface area (Å²) in [5.41, 5.74) is 1.99. The molecule has 1 aromatic heterocycles. The number of benzene rings is 1. The fourth-order valence-electron chi connectivity index (χ4n) is 2.19. The molecule has 106 valence electrons. The van der Waals surface area contributed by atoms with Crippen molar-refractivity contribution in [3.8, 4) is 5.75 Å². The second-order valence-electron chi connectivity index (χ2n) is 4.60. The zero-order valence-electron chi connectivity index (χ0n) is 11.8. The third kappa shape index (κ3) is 3.78. The number of hydrogen-bond donors (Lipinski definition) is 1. The van der Waals surface area contributed by atoms with Crippen molar-refractivity contribution in [1.29, 1.82) is 0 Å². The number of likely N-dealkylation sites (N-methyl/N-ethyl adjacent to an activating group) is 1. The van der Waals surface area contributed by atoms with Gasteiger partial charge in [0.15, 0.2) is 0 Å². The zero-order chi connectivity index (χ0) is 14.4. The third-order valence-electron chi connectivity index (χ3n) is 3.15. The summed E-state index contributed by atoms with van der Waals surface area (Å²) in [6, 6.07) is 8.74. The van der Waals surface area contributed by atoms with E-state index in [2.05, 4.69) is 10.3 Å². The van der Waals surface area contributed by atoms with Crippen molar-refractivity contribution in [3.05, 3.63) is 59.7 Å². The summed E-state index contributed by atoms with van der Waals surface area (Å²) >= 11 is 0. The molecule has 0 saturated heterocycles. The summed E-state index contributed by atoms with van der Waals surface area (Å²) in [5.74, 6) is 0.520. The van der Waals surface area contributed by atoms with Gasteiger partial charge in [-0.2, -0.15) is 0 Å². The highest BCUT2D eigenvalue weighted by Gasteiger charge is 2.13. The summed E-state index contributed by atoms with van der Waals surface area (Å²) in [4.78, 5) is 4.18. The summed E-state index contributed by atoms with van der Waals surface area (Å²) in [6.07, 6.45) is 4.20. The molecule has 20 heavy (non-hydrogen) atoms. The van der Waals surface area contributed by atoms with Crippen LogP contribution in [0.4, 0.5) is 4.39 Å². The smallest absolute Gasteiger partial charge is 0.137 e. The average molecular weight is 274 g/mol. The van der Waals surface area contributed by atoms with Crippen LogP contribution in [-0.2, 0) is 6.42 Å². The van der Waals surface area contributed by atoms with Crippen LogP contribution in [0.15, 0.2) is 42.7 Å². The summed E-state index contributed by atoms with van der Waals surface area (Å²) in [5, 5.41) is 3.40. The van der Waals surface area contributed by atoms with Crippen molar-refractivity contribution >= 4 is 0 Å². The molecule has 0 aliphatic heterocycles. The Hall–Kier alpha value is -1.94. The highest BCUT2D eigenvalue weighted by Crippen LogP contribution is 2.21. The number of halogens is 1. The van der Waals surface area contributed by atoms with Crippen molar-refractivity contribution in [2.75, 3.05) is 13.7 Å². The Morgan fingerprint density at radius 2 is 2.15 bits per heavy atom. The van der Waals surface area contributed by atoms with Crippen molar-refractivity contribution in [1.82, 2.24) is 10.3 Å². The third-order valence-corrected chi connectivity index (χ3v) is 3.15. The molecule has 2 aromatic rings. The number of nitrogens with zero attached hydrogens (tertiary/aromatic N) is 1. The maximum absolute atomic E-state index is 13.3. The van der Waals surface area contributed by atoms with Crippen LogP contribution in [0.25, 0.3) is 0 Å². The van der Waals surface area contributed by atoms with Crippen molar-refractivity contribution in [2.24, 2.45) is 0 Å². The van der Waals surface area contributed by atoms with Gasteiger partial charge in [0.05, 0.1) is 13.3 Å². The summed E-state index contributed by atoms with van der Waals surface area (Å²) in [7, 11) is 1.62. The second-order valence-corrected chi connectivity index (χ2v) is 4.60. The first kappa shape index (κ1) is 14.5. The highest BCUT2D eigenvalue weighted by molar-refractivity contribution is 5.28. The lowest BCUT2D eigenvalue weighted by Gasteiger charge is -2.18. The second kappa shape index (κ2) is 7.01. The molecular weight excluding hydrogens is 255 g/mol. The number of ether oxygens (including phenoxy) is 1. The minimum atomic E-state index is -0.207. The molecule has 0 fully saturated rings. The summed E-state index contributed by atoms with van der Waals surface area (Å²) < 4.78 is 18.5. The van der Waals surface area contributed by atoms with Crippen LogP contribution in [0.5, 0.6) is 5.75 Å². The van der Waals surface area contributed by atoms with E-state index >= 15 is 0 Å². The minimum Gasteiger partial charge on any atom is -0.495 e. The van der Waals surface area contributed by atoms with Gasteiger partial charge in [0.1, 0.15) is 11.6 Å². The van der Waals surface area contributed by atoms with Gasteiger partial charge in [-0.15, -0.1) is 0 Å². The Balaban J connectivity index is 2.21. The molecule has 1 atom stereocenters. The van der Waals surface area contributed by atoms with Crippen LogP contribution in [0.3, 0.4) is 0 Å². The molecule has 1 aromatic carbocycles. The van der Waals surface area contributed by atoms with Gasteiger partial charge < -0.3 is 10.1 Å². The van der Waals surface area contributed by atoms with E-state index in [1.165, 1.54) is 6.07 Å². The molecule has 1 N–H and O–H groups in total. The number of hydrogen-bond acceptors (Lipinski definition) is 3. The molecule has 0 saturated carbocycles. The van der Waals surface area contributed by atoms with Gasteiger partial charge in [-0.05, 0) is 42.3 Å². The van der Waals surface area contributed by atoms with E-state index in [0.29, 0.717) is 6.42 Å². The van der Waals surface area contributed by atoms with Crippen LogP contribution >= 0.6 is 0 Å². The van der Waals surface area contributed by atoms with Gasteiger partial charge in [0, 0.05) is 12.2 Å². The van der Waals surface area contributed by atoms with E-state index < -0.39 is 0 Å². The van der Waals surface area contributed by atoms with Gasteiger partial charge in [-0.1, -0.05) is 19.1 Å². The van der Waals surface area contributed by atoms with Crippen LogP contribution in [-0.4, -0.2) is 18.6 Å². The lowest BCUT2D eigenvalue weighted by molar-refractivity contribution is 0.410. The van der Waals surface area contributed by atoms with Gasteiger partial charge in [0.2, 0.25) is 0 Å². The predicted molar refractivity (Wildman–Crippen MR) is 77.3 cm³/mol. The zero-order valence-corrected chi connectivity index (χ0v) is 11.8. The predicted octanol–water partition coefficient (Wildman–Crippen LogP) is 3.12. The first-order valence-electron chi connectivity index (χ1n) is 6.69. The number of pyridine rings is 1. The van der Waals surface area contributed by atoms with Crippen molar-refractivity contribution < 1.29 is 9.13 Å². The molecule has 3 nitrogen and oxygen atoms in total. The molecule has 0 bridgehead atoms. The van der Waals surface area contributed by atoms with Crippen molar-refractivity contribution in [2.45, 2.75) is 19.4 Å². The normalized spacial score (nSPS) is 12.2. The lowest BCUT2D eigenvalue weighted by atomic mass is 10.00. The molecule has 0 radical (unpaired) electrons. The maximum Gasteiger partial charge on any atom is 0.137 e. The fraction of sp³-hybridized carbons (Fsp3) is 0.312. The molecule has 1 heterocycles. The van der Waals surface area contributed by atoms with E-state index in [-0.39, 0.29) is 11.9 Å². The number of aromatic nitrogens is 1. The quantitative estimate of drug-likeness (QED) is 0.878.